The minimum atomic E-state index is -0.373. The fourth-order valence-electron chi connectivity index (χ4n) is 1.72. The van der Waals surface area contributed by atoms with Gasteiger partial charge in [-0.2, -0.15) is 0 Å². The minimum absolute atomic E-state index is 0.0950. The first-order chi connectivity index (χ1) is 10.2. The topological polar surface area (TPSA) is 86.9 Å². The van der Waals surface area contributed by atoms with Crippen molar-refractivity contribution in [1.82, 2.24) is 20.6 Å². The van der Waals surface area contributed by atoms with Crippen molar-refractivity contribution >= 4 is 23.4 Å². The molecule has 0 bridgehead atoms. The number of H-pyrrole nitrogens is 1. The molecule has 2 rings (SSSR count). The van der Waals surface area contributed by atoms with E-state index in [1.54, 1.807) is 36.7 Å². The smallest absolute Gasteiger partial charge is 0.253 e. The van der Waals surface area contributed by atoms with Crippen LogP contribution < -0.4 is 10.6 Å². The average molecular weight is 307 g/mol. The Morgan fingerprint density at radius 1 is 1.24 bits per heavy atom. The molecular weight excluding hydrogens is 292 g/mol. The normalized spacial score (nSPS) is 10.1. The zero-order valence-electron chi connectivity index (χ0n) is 11.2. The second kappa shape index (κ2) is 7.44. The number of hydrogen-bond acceptors (Lipinski definition) is 3. The van der Waals surface area contributed by atoms with E-state index in [1.165, 1.54) is 0 Å². The SMILES string of the molecule is O=C(CNC(=O)c1ccccc1Cl)NCCc1ncc[nH]1. The summed E-state index contributed by atoms with van der Waals surface area (Å²) in [6.45, 7) is 0.358. The molecule has 0 aliphatic carbocycles. The molecule has 21 heavy (non-hydrogen) atoms. The molecule has 0 aliphatic heterocycles. The molecule has 0 atom stereocenters. The first-order valence-corrected chi connectivity index (χ1v) is 6.82. The molecule has 2 amide bonds. The molecule has 0 fully saturated rings. The number of aromatic nitrogens is 2. The number of rotatable bonds is 6. The van der Waals surface area contributed by atoms with Gasteiger partial charge in [0.2, 0.25) is 5.91 Å². The maximum Gasteiger partial charge on any atom is 0.253 e. The monoisotopic (exact) mass is 306 g/mol. The van der Waals surface area contributed by atoms with Crippen LogP contribution >= 0.6 is 11.6 Å². The standard InChI is InChI=1S/C14H15ClN4O2/c15-11-4-2-1-3-10(11)14(21)19-9-13(20)18-6-5-12-16-7-8-17-12/h1-4,7-8H,5-6,9H2,(H,16,17)(H,18,20)(H,19,21). The molecule has 0 unspecified atom stereocenters. The molecule has 1 heterocycles. The first-order valence-electron chi connectivity index (χ1n) is 6.44. The van der Waals surface area contributed by atoms with Gasteiger partial charge in [0.15, 0.2) is 0 Å². The van der Waals surface area contributed by atoms with Crippen LogP contribution in [0.2, 0.25) is 5.02 Å². The number of hydrogen-bond donors (Lipinski definition) is 3. The fraction of sp³-hybridized carbons (Fsp3) is 0.214. The van der Waals surface area contributed by atoms with Crippen LogP contribution in [0.4, 0.5) is 0 Å². The van der Waals surface area contributed by atoms with Crippen LogP contribution in [-0.2, 0) is 11.2 Å². The molecule has 7 heteroatoms. The van der Waals surface area contributed by atoms with E-state index >= 15 is 0 Å². The third-order valence-electron chi connectivity index (χ3n) is 2.77. The predicted molar refractivity (Wildman–Crippen MR) is 79.1 cm³/mol. The molecule has 1 aromatic heterocycles. The molecule has 3 N–H and O–H groups in total. The van der Waals surface area contributed by atoms with Crippen LogP contribution in [0.3, 0.4) is 0 Å². The first kappa shape index (κ1) is 15.1. The predicted octanol–water partition coefficient (Wildman–Crippen LogP) is 1.15. The fourth-order valence-corrected chi connectivity index (χ4v) is 1.94. The van der Waals surface area contributed by atoms with Gasteiger partial charge >= 0.3 is 0 Å². The van der Waals surface area contributed by atoms with Crippen LogP contribution in [0.5, 0.6) is 0 Å². The number of carbonyl (C=O) groups excluding carboxylic acids is 2. The Labute approximate surface area is 126 Å². The van der Waals surface area contributed by atoms with Gasteiger partial charge in [-0.1, -0.05) is 23.7 Å². The zero-order chi connectivity index (χ0) is 15.1. The Balaban J connectivity index is 1.71. The van der Waals surface area contributed by atoms with Crippen molar-refractivity contribution in [3.8, 4) is 0 Å². The van der Waals surface area contributed by atoms with Crippen molar-refractivity contribution in [2.24, 2.45) is 0 Å². The largest absolute Gasteiger partial charge is 0.354 e. The average Bonchev–Trinajstić information content (AvgIpc) is 2.98. The van der Waals surface area contributed by atoms with Crippen molar-refractivity contribution in [1.29, 1.82) is 0 Å². The Kier molecular flexibility index (Phi) is 5.34. The summed E-state index contributed by atoms with van der Waals surface area (Å²) in [6, 6.07) is 6.68. The molecular formula is C14H15ClN4O2. The van der Waals surface area contributed by atoms with E-state index in [0.29, 0.717) is 23.6 Å². The zero-order valence-corrected chi connectivity index (χ0v) is 12.0. The van der Waals surface area contributed by atoms with Gasteiger partial charge in [-0.3, -0.25) is 9.59 Å². The summed E-state index contributed by atoms with van der Waals surface area (Å²) in [4.78, 5) is 30.4. The number of nitrogens with one attached hydrogen (secondary N) is 3. The molecule has 0 spiro atoms. The third kappa shape index (κ3) is 4.61. The van der Waals surface area contributed by atoms with E-state index in [9.17, 15) is 9.59 Å². The molecule has 0 saturated heterocycles. The van der Waals surface area contributed by atoms with Gasteiger partial charge in [-0.15, -0.1) is 0 Å². The maximum atomic E-state index is 11.8. The highest BCUT2D eigenvalue weighted by Gasteiger charge is 2.10. The number of aromatic amines is 1. The van der Waals surface area contributed by atoms with E-state index in [4.69, 9.17) is 11.6 Å². The Morgan fingerprint density at radius 2 is 2.05 bits per heavy atom. The van der Waals surface area contributed by atoms with Crippen molar-refractivity contribution in [2.75, 3.05) is 13.1 Å². The van der Waals surface area contributed by atoms with Crippen molar-refractivity contribution in [3.63, 3.8) is 0 Å². The van der Waals surface area contributed by atoms with E-state index in [0.717, 1.165) is 5.82 Å². The van der Waals surface area contributed by atoms with Crippen LogP contribution in [0.1, 0.15) is 16.2 Å². The van der Waals surface area contributed by atoms with Gasteiger partial charge in [-0.05, 0) is 12.1 Å². The van der Waals surface area contributed by atoms with Crippen LogP contribution in [0.15, 0.2) is 36.7 Å². The third-order valence-corrected chi connectivity index (χ3v) is 3.10. The Bertz CT molecular complexity index is 613. The lowest BCUT2D eigenvalue weighted by Gasteiger charge is -2.07. The molecule has 6 nitrogen and oxygen atoms in total. The molecule has 110 valence electrons. The van der Waals surface area contributed by atoms with Gasteiger partial charge in [0.1, 0.15) is 5.82 Å². The van der Waals surface area contributed by atoms with E-state index < -0.39 is 0 Å². The maximum absolute atomic E-state index is 11.8. The number of benzene rings is 1. The summed E-state index contributed by atoms with van der Waals surface area (Å²) in [5.74, 6) is 0.166. The second-order valence-electron chi connectivity index (χ2n) is 4.30. The highest BCUT2D eigenvalue weighted by molar-refractivity contribution is 6.33. The van der Waals surface area contributed by atoms with Gasteiger partial charge < -0.3 is 15.6 Å². The summed E-state index contributed by atoms with van der Waals surface area (Å²) in [6.07, 6.45) is 3.99. The highest BCUT2D eigenvalue weighted by Crippen LogP contribution is 2.14. The number of halogens is 1. The van der Waals surface area contributed by atoms with E-state index in [1.807, 2.05) is 0 Å². The number of imidazole rings is 1. The van der Waals surface area contributed by atoms with E-state index in [2.05, 4.69) is 20.6 Å². The summed E-state index contributed by atoms with van der Waals surface area (Å²) in [7, 11) is 0. The van der Waals surface area contributed by atoms with Crippen LogP contribution in [0.25, 0.3) is 0 Å². The van der Waals surface area contributed by atoms with Gasteiger partial charge in [-0.25, -0.2) is 4.98 Å². The van der Waals surface area contributed by atoms with Crippen molar-refractivity contribution in [3.05, 3.63) is 53.1 Å². The summed E-state index contributed by atoms with van der Waals surface area (Å²) >= 11 is 5.90. The lowest BCUT2D eigenvalue weighted by molar-refractivity contribution is -0.120. The van der Waals surface area contributed by atoms with Gasteiger partial charge in [0, 0.05) is 25.4 Å². The van der Waals surface area contributed by atoms with Crippen LogP contribution in [-0.4, -0.2) is 34.9 Å². The molecule has 0 aliphatic rings. The molecule has 0 radical (unpaired) electrons. The summed E-state index contributed by atoms with van der Waals surface area (Å²) in [5, 5.41) is 5.57. The van der Waals surface area contributed by atoms with Crippen LogP contribution in [0, 0.1) is 0 Å². The summed E-state index contributed by atoms with van der Waals surface area (Å²) in [5.41, 5.74) is 0.350. The van der Waals surface area contributed by atoms with Crippen molar-refractivity contribution < 1.29 is 9.59 Å². The molecule has 2 aromatic rings. The quantitative estimate of drug-likeness (QED) is 0.748. The van der Waals surface area contributed by atoms with E-state index in [-0.39, 0.29) is 18.4 Å². The summed E-state index contributed by atoms with van der Waals surface area (Å²) < 4.78 is 0. The number of amides is 2. The highest BCUT2D eigenvalue weighted by atomic mass is 35.5. The van der Waals surface area contributed by atoms with Gasteiger partial charge in [0.05, 0.1) is 17.1 Å². The Morgan fingerprint density at radius 3 is 2.76 bits per heavy atom. The second-order valence-corrected chi connectivity index (χ2v) is 4.71. The van der Waals surface area contributed by atoms with Crippen molar-refractivity contribution in [2.45, 2.75) is 6.42 Å². The molecule has 1 aromatic carbocycles. The molecule has 0 saturated carbocycles. The minimum Gasteiger partial charge on any atom is -0.354 e. The Hall–Kier alpha value is -2.34. The lowest BCUT2D eigenvalue weighted by Crippen LogP contribution is -2.37. The van der Waals surface area contributed by atoms with Gasteiger partial charge in [0.25, 0.3) is 5.91 Å². The lowest BCUT2D eigenvalue weighted by atomic mass is 10.2. The number of nitrogens with zero attached hydrogens (tertiary/aromatic N) is 1. The number of carbonyl (C=O) groups is 2.